The van der Waals surface area contributed by atoms with Gasteiger partial charge in [0, 0.05) is 12.6 Å². The summed E-state index contributed by atoms with van der Waals surface area (Å²) >= 11 is 0. The molecule has 1 N–H and O–H groups in total. The zero-order valence-corrected chi connectivity index (χ0v) is 11.5. The van der Waals surface area contributed by atoms with Crippen LogP contribution in [0.3, 0.4) is 0 Å². The summed E-state index contributed by atoms with van der Waals surface area (Å²) in [6, 6.07) is 0.400. The molecule has 3 nitrogen and oxygen atoms in total. The number of nitrogens with zero attached hydrogens (tertiary/aromatic N) is 1. The molecule has 2 aliphatic heterocycles. The standard InChI is InChI=1S/C14H26N2O/c1-11-7-6-10-16(12(11)2)13(17)14(3)8-4-5-9-15-14/h11-12,15H,4-10H2,1-3H3. The van der Waals surface area contributed by atoms with Crippen LogP contribution in [0.5, 0.6) is 0 Å². The molecule has 2 heterocycles. The summed E-state index contributed by atoms with van der Waals surface area (Å²) in [4.78, 5) is 14.8. The monoisotopic (exact) mass is 238 g/mol. The van der Waals surface area contributed by atoms with Crippen molar-refractivity contribution >= 4 is 5.91 Å². The van der Waals surface area contributed by atoms with Crippen molar-refractivity contribution in [2.45, 2.75) is 64.5 Å². The minimum Gasteiger partial charge on any atom is -0.338 e. The molecule has 2 fully saturated rings. The number of piperidine rings is 2. The van der Waals surface area contributed by atoms with Gasteiger partial charge in [-0.25, -0.2) is 0 Å². The lowest BCUT2D eigenvalue weighted by atomic mass is 9.86. The summed E-state index contributed by atoms with van der Waals surface area (Å²) in [5, 5.41) is 3.44. The van der Waals surface area contributed by atoms with Crippen molar-refractivity contribution in [3.8, 4) is 0 Å². The molecule has 2 rings (SSSR count). The van der Waals surface area contributed by atoms with Gasteiger partial charge in [-0.15, -0.1) is 0 Å². The zero-order chi connectivity index (χ0) is 12.5. The normalized spacial score (nSPS) is 39.1. The van der Waals surface area contributed by atoms with Gasteiger partial charge in [-0.05, 0) is 58.4 Å². The van der Waals surface area contributed by atoms with Crippen molar-refractivity contribution in [2.75, 3.05) is 13.1 Å². The third kappa shape index (κ3) is 2.49. The average molecular weight is 238 g/mol. The van der Waals surface area contributed by atoms with Crippen LogP contribution in [0.2, 0.25) is 0 Å². The summed E-state index contributed by atoms with van der Waals surface area (Å²) in [6.07, 6.45) is 5.79. The molecule has 3 atom stereocenters. The molecule has 98 valence electrons. The lowest BCUT2D eigenvalue weighted by molar-refractivity contribution is -0.143. The van der Waals surface area contributed by atoms with Gasteiger partial charge >= 0.3 is 0 Å². The van der Waals surface area contributed by atoms with Gasteiger partial charge in [-0.2, -0.15) is 0 Å². The Morgan fingerprint density at radius 2 is 2.06 bits per heavy atom. The molecule has 1 amide bonds. The van der Waals surface area contributed by atoms with E-state index in [1.807, 2.05) is 0 Å². The summed E-state index contributed by atoms with van der Waals surface area (Å²) < 4.78 is 0. The van der Waals surface area contributed by atoms with Crippen LogP contribution in [0.15, 0.2) is 0 Å². The van der Waals surface area contributed by atoms with Gasteiger partial charge in [0.1, 0.15) is 0 Å². The van der Waals surface area contributed by atoms with Crippen LogP contribution in [-0.4, -0.2) is 35.5 Å². The van der Waals surface area contributed by atoms with Crippen molar-refractivity contribution < 1.29 is 4.79 Å². The molecule has 0 saturated carbocycles. The first-order valence-electron chi connectivity index (χ1n) is 7.11. The molecule has 3 heteroatoms. The molecular formula is C14H26N2O. The zero-order valence-electron chi connectivity index (χ0n) is 11.5. The van der Waals surface area contributed by atoms with Crippen LogP contribution in [-0.2, 0) is 4.79 Å². The highest BCUT2D eigenvalue weighted by Crippen LogP contribution is 2.28. The third-order valence-corrected chi connectivity index (χ3v) is 4.73. The van der Waals surface area contributed by atoms with E-state index in [0.29, 0.717) is 17.9 Å². The van der Waals surface area contributed by atoms with E-state index >= 15 is 0 Å². The lowest BCUT2D eigenvalue weighted by Gasteiger charge is -2.44. The van der Waals surface area contributed by atoms with E-state index in [9.17, 15) is 4.79 Å². The highest BCUT2D eigenvalue weighted by Gasteiger charge is 2.40. The van der Waals surface area contributed by atoms with Crippen LogP contribution in [0.1, 0.15) is 52.9 Å². The van der Waals surface area contributed by atoms with Gasteiger partial charge in [0.2, 0.25) is 5.91 Å². The second-order valence-corrected chi connectivity index (χ2v) is 6.07. The van der Waals surface area contributed by atoms with E-state index in [1.165, 1.54) is 19.3 Å². The van der Waals surface area contributed by atoms with Crippen molar-refractivity contribution in [1.82, 2.24) is 10.2 Å². The maximum absolute atomic E-state index is 12.7. The van der Waals surface area contributed by atoms with Crippen LogP contribution < -0.4 is 5.32 Å². The Morgan fingerprint density at radius 3 is 2.71 bits per heavy atom. The van der Waals surface area contributed by atoms with E-state index in [0.717, 1.165) is 25.9 Å². The Bertz CT molecular complexity index is 284. The highest BCUT2D eigenvalue weighted by atomic mass is 16.2. The van der Waals surface area contributed by atoms with E-state index in [1.54, 1.807) is 0 Å². The third-order valence-electron chi connectivity index (χ3n) is 4.73. The molecule has 0 aromatic carbocycles. The Labute approximate surface area is 105 Å². The van der Waals surface area contributed by atoms with Crippen LogP contribution in [0.4, 0.5) is 0 Å². The van der Waals surface area contributed by atoms with E-state index < -0.39 is 0 Å². The molecule has 2 saturated heterocycles. The van der Waals surface area contributed by atoms with Crippen LogP contribution in [0, 0.1) is 5.92 Å². The van der Waals surface area contributed by atoms with E-state index in [-0.39, 0.29) is 5.54 Å². The summed E-state index contributed by atoms with van der Waals surface area (Å²) in [5.74, 6) is 0.969. The van der Waals surface area contributed by atoms with Crippen molar-refractivity contribution in [3.63, 3.8) is 0 Å². The predicted molar refractivity (Wildman–Crippen MR) is 69.8 cm³/mol. The molecular weight excluding hydrogens is 212 g/mol. The summed E-state index contributed by atoms with van der Waals surface area (Å²) in [7, 11) is 0. The minimum atomic E-state index is -0.302. The highest BCUT2D eigenvalue weighted by molar-refractivity contribution is 5.86. The molecule has 0 aromatic heterocycles. The fraction of sp³-hybridized carbons (Fsp3) is 0.929. The summed E-state index contributed by atoms with van der Waals surface area (Å²) in [6.45, 7) is 8.48. The Kier molecular flexibility index (Phi) is 3.76. The van der Waals surface area contributed by atoms with E-state index in [4.69, 9.17) is 0 Å². The number of likely N-dealkylation sites (tertiary alicyclic amines) is 1. The molecule has 0 aromatic rings. The minimum absolute atomic E-state index is 0.302. The largest absolute Gasteiger partial charge is 0.338 e. The summed E-state index contributed by atoms with van der Waals surface area (Å²) in [5.41, 5.74) is -0.302. The molecule has 2 aliphatic rings. The first-order valence-corrected chi connectivity index (χ1v) is 7.11. The van der Waals surface area contributed by atoms with Crippen LogP contribution in [0.25, 0.3) is 0 Å². The number of hydrogen-bond donors (Lipinski definition) is 1. The van der Waals surface area contributed by atoms with Crippen molar-refractivity contribution in [2.24, 2.45) is 5.92 Å². The van der Waals surface area contributed by atoms with Gasteiger partial charge < -0.3 is 10.2 Å². The maximum Gasteiger partial charge on any atom is 0.242 e. The van der Waals surface area contributed by atoms with Gasteiger partial charge in [-0.1, -0.05) is 6.92 Å². The molecule has 0 aliphatic carbocycles. The number of carbonyl (C=O) groups excluding carboxylic acids is 1. The maximum atomic E-state index is 12.7. The molecule has 0 bridgehead atoms. The Hall–Kier alpha value is -0.570. The first kappa shape index (κ1) is 12.9. The fourth-order valence-corrected chi connectivity index (χ4v) is 3.18. The van der Waals surface area contributed by atoms with Gasteiger partial charge in [0.15, 0.2) is 0 Å². The number of rotatable bonds is 1. The second-order valence-electron chi connectivity index (χ2n) is 6.07. The molecule has 3 unspecified atom stereocenters. The van der Waals surface area contributed by atoms with E-state index in [2.05, 4.69) is 31.0 Å². The predicted octanol–water partition coefficient (Wildman–Crippen LogP) is 2.17. The molecule has 0 spiro atoms. The van der Waals surface area contributed by atoms with Crippen LogP contribution >= 0.6 is 0 Å². The van der Waals surface area contributed by atoms with Gasteiger partial charge in [0.05, 0.1) is 5.54 Å². The smallest absolute Gasteiger partial charge is 0.242 e. The number of nitrogens with one attached hydrogen (secondary N) is 1. The SMILES string of the molecule is CC1CCCN(C(=O)C2(C)CCCCN2)C1C. The number of carbonyl (C=O) groups is 1. The first-order chi connectivity index (χ1) is 8.04. The quantitative estimate of drug-likeness (QED) is 0.759. The van der Waals surface area contributed by atoms with Gasteiger partial charge in [-0.3, -0.25) is 4.79 Å². The molecule has 0 radical (unpaired) electrons. The van der Waals surface area contributed by atoms with Crippen molar-refractivity contribution in [3.05, 3.63) is 0 Å². The number of amides is 1. The number of hydrogen-bond acceptors (Lipinski definition) is 2. The molecule has 17 heavy (non-hydrogen) atoms. The second kappa shape index (κ2) is 4.97. The average Bonchev–Trinajstić information content (AvgIpc) is 2.33. The Balaban J connectivity index is 2.07. The lowest BCUT2D eigenvalue weighted by Crippen LogP contribution is -2.61. The van der Waals surface area contributed by atoms with Gasteiger partial charge in [0.25, 0.3) is 0 Å². The van der Waals surface area contributed by atoms with Crippen molar-refractivity contribution in [1.29, 1.82) is 0 Å². The topological polar surface area (TPSA) is 32.3 Å². The fourth-order valence-electron chi connectivity index (χ4n) is 3.18. The Morgan fingerprint density at radius 1 is 1.29 bits per heavy atom.